The zero-order valence-electron chi connectivity index (χ0n) is 11.1. The molecule has 6 heteroatoms. The van der Waals surface area contributed by atoms with Crippen LogP contribution in [0.25, 0.3) is 0 Å². The Bertz CT molecular complexity index is 337. The third-order valence-electron chi connectivity index (χ3n) is 3.94. The van der Waals surface area contributed by atoms with Crippen molar-refractivity contribution < 1.29 is 14.7 Å². The van der Waals surface area contributed by atoms with Gasteiger partial charge in [-0.2, -0.15) is 11.8 Å². The maximum Gasteiger partial charge on any atom is 0.315 e. The molecule has 2 fully saturated rings. The minimum atomic E-state index is -0.835. The summed E-state index contributed by atoms with van der Waals surface area (Å²) in [5, 5.41) is 15.0. The van der Waals surface area contributed by atoms with E-state index >= 15 is 0 Å². The zero-order chi connectivity index (χ0) is 13.7. The molecule has 0 bridgehead atoms. The van der Waals surface area contributed by atoms with E-state index in [9.17, 15) is 9.59 Å². The monoisotopic (exact) mass is 286 g/mol. The Morgan fingerprint density at radius 1 is 1.26 bits per heavy atom. The number of rotatable bonds is 4. The molecule has 19 heavy (non-hydrogen) atoms. The van der Waals surface area contributed by atoms with Crippen molar-refractivity contribution in [1.82, 2.24) is 10.6 Å². The molecule has 1 atom stereocenters. The predicted octanol–water partition coefficient (Wildman–Crippen LogP) is 1.97. The van der Waals surface area contributed by atoms with Gasteiger partial charge in [-0.3, -0.25) is 4.79 Å². The SMILES string of the molecule is O=C(O)CC1(NC(=O)NC2CCSC2)CCCCC1. The van der Waals surface area contributed by atoms with Gasteiger partial charge in [-0.15, -0.1) is 0 Å². The molecule has 1 saturated heterocycles. The smallest absolute Gasteiger partial charge is 0.315 e. The van der Waals surface area contributed by atoms with E-state index in [1.54, 1.807) is 0 Å². The average molecular weight is 286 g/mol. The second-order valence-electron chi connectivity index (χ2n) is 5.57. The number of carboxylic acid groups (broad SMARTS) is 1. The lowest BCUT2D eigenvalue weighted by molar-refractivity contribution is -0.139. The van der Waals surface area contributed by atoms with Gasteiger partial charge in [0.15, 0.2) is 0 Å². The van der Waals surface area contributed by atoms with Gasteiger partial charge < -0.3 is 15.7 Å². The molecule has 0 aromatic heterocycles. The number of hydrogen-bond donors (Lipinski definition) is 3. The fourth-order valence-electron chi connectivity index (χ4n) is 2.97. The molecule has 2 aliphatic rings. The lowest BCUT2D eigenvalue weighted by Crippen LogP contribution is -2.55. The van der Waals surface area contributed by atoms with E-state index in [0.29, 0.717) is 0 Å². The lowest BCUT2D eigenvalue weighted by atomic mass is 9.79. The zero-order valence-corrected chi connectivity index (χ0v) is 11.9. The van der Waals surface area contributed by atoms with Crippen molar-refractivity contribution in [2.45, 2.75) is 56.5 Å². The molecule has 1 unspecified atom stereocenters. The Hall–Kier alpha value is -0.910. The second-order valence-corrected chi connectivity index (χ2v) is 6.72. The third kappa shape index (κ3) is 4.30. The maximum absolute atomic E-state index is 12.0. The average Bonchev–Trinajstić information content (AvgIpc) is 2.81. The fraction of sp³-hybridized carbons (Fsp3) is 0.846. The van der Waals surface area contributed by atoms with Gasteiger partial charge in [-0.05, 0) is 25.0 Å². The van der Waals surface area contributed by atoms with Crippen LogP contribution in [0.5, 0.6) is 0 Å². The Kier molecular flexibility index (Phi) is 4.96. The number of amides is 2. The van der Waals surface area contributed by atoms with E-state index < -0.39 is 11.5 Å². The van der Waals surface area contributed by atoms with Crippen molar-refractivity contribution >= 4 is 23.8 Å². The molecule has 0 aromatic rings. The number of nitrogens with one attached hydrogen (secondary N) is 2. The first-order valence-corrected chi connectivity index (χ1v) is 8.13. The molecule has 2 amide bonds. The Morgan fingerprint density at radius 3 is 2.58 bits per heavy atom. The van der Waals surface area contributed by atoms with E-state index in [-0.39, 0.29) is 18.5 Å². The summed E-state index contributed by atoms with van der Waals surface area (Å²) >= 11 is 1.84. The summed E-state index contributed by atoms with van der Waals surface area (Å²) in [6.45, 7) is 0. The summed E-state index contributed by atoms with van der Waals surface area (Å²) in [5.74, 6) is 1.21. The topological polar surface area (TPSA) is 78.4 Å². The summed E-state index contributed by atoms with van der Waals surface area (Å²) in [7, 11) is 0. The first kappa shape index (κ1) is 14.5. The largest absolute Gasteiger partial charge is 0.481 e. The van der Waals surface area contributed by atoms with Gasteiger partial charge in [-0.1, -0.05) is 19.3 Å². The maximum atomic E-state index is 12.0. The predicted molar refractivity (Wildman–Crippen MR) is 75.5 cm³/mol. The van der Waals surface area contributed by atoms with Gasteiger partial charge in [0.05, 0.1) is 12.0 Å². The number of thioether (sulfide) groups is 1. The Morgan fingerprint density at radius 2 is 2.00 bits per heavy atom. The number of carboxylic acids is 1. The van der Waals surface area contributed by atoms with Crippen molar-refractivity contribution in [3.63, 3.8) is 0 Å². The molecule has 0 radical (unpaired) electrons. The Balaban J connectivity index is 1.90. The van der Waals surface area contributed by atoms with Crippen LogP contribution in [0.2, 0.25) is 0 Å². The summed E-state index contributed by atoms with van der Waals surface area (Å²) < 4.78 is 0. The number of hydrogen-bond acceptors (Lipinski definition) is 3. The van der Waals surface area contributed by atoms with E-state index in [2.05, 4.69) is 10.6 Å². The highest BCUT2D eigenvalue weighted by molar-refractivity contribution is 7.99. The molecule has 108 valence electrons. The van der Waals surface area contributed by atoms with Crippen molar-refractivity contribution in [2.75, 3.05) is 11.5 Å². The van der Waals surface area contributed by atoms with Gasteiger partial charge in [0.25, 0.3) is 0 Å². The first-order valence-electron chi connectivity index (χ1n) is 6.98. The molecule has 1 saturated carbocycles. The Labute approximate surface area is 117 Å². The summed E-state index contributed by atoms with van der Waals surface area (Å²) in [5.41, 5.74) is -0.542. The van der Waals surface area contributed by atoms with Crippen LogP contribution >= 0.6 is 11.8 Å². The van der Waals surface area contributed by atoms with Gasteiger partial charge in [-0.25, -0.2) is 4.79 Å². The molecule has 5 nitrogen and oxygen atoms in total. The summed E-state index contributed by atoms with van der Waals surface area (Å²) in [6.07, 6.45) is 5.69. The normalized spacial score (nSPS) is 25.8. The van der Waals surface area contributed by atoms with Gasteiger partial charge in [0.1, 0.15) is 0 Å². The van der Waals surface area contributed by atoms with Crippen LogP contribution in [0, 0.1) is 0 Å². The van der Waals surface area contributed by atoms with E-state index in [0.717, 1.165) is 50.0 Å². The standard InChI is InChI=1S/C13H22N2O3S/c16-11(17)8-13(5-2-1-3-6-13)15-12(18)14-10-4-7-19-9-10/h10H,1-9H2,(H,16,17)(H2,14,15,18). The van der Waals surface area contributed by atoms with Gasteiger partial charge in [0.2, 0.25) is 0 Å². The van der Waals surface area contributed by atoms with Crippen LogP contribution in [0.15, 0.2) is 0 Å². The number of carbonyl (C=O) groups is 2. The molecule has 3 N–H and O–H groups in total. The first-order chi connectivity index (χ1) is 9.10. The number of carbonyl (C=O) groups excluding carboxylic acids is 1. The molecule has 1 aliphatic heterocycles. The van der Waals surface area contributed by atoms with E-state index in [1.165, 1.54) is 0 Å². The highest BCUT2D eigenvalue weighted by atomic mass is 32.2. The van der Waals surface area contributed by atoms with Gasteiger partial charge >= 0.3 is 12.0 Å². The molecule has 0 aromatic carbocycles. The molecular formula is C13H22N2O3S. The fourth-order valence-corrected chi connectivity index (χ4v) is 4.13. The van der Waals surface area contributed by atoms with E-state index in [4.69, 9.17) is 5.11 Å². The van der Waals surface area contributed by atoms with Crippen LogP contribution < -0.4 is 10.6 Å². The number of aliphatic carboxylic acids is 1. The highest BCUT2D eigenvalue weighted by Gasteiger charge is 2.36. The van der Waals surface area contributed by atoms with Crippen LogP contribution in [-0.2, 0) is 4.79 Å². The lowest BCUT2D eigenvalue weighted by Gasteiger charge is -2.37. The third-order valence-corrected chi connectivity index (χ3v) is 5.11. The second kappa shape index (κ2) is 6.50. The summed E-state index contributed by atoms with van der Waals surface area (Å²) in [4.78, 5) is 23.1. The van der Waals surface area contributed by atoms with Crippen molar-refractivity contribution in [3.05, 3.63) is 0 Å². The molecule has 2 rings (SSSR count). The van der Waals surface area contributed by atoms with Crippen LogP contribution in [0.1, 0.15) is 44.9 Å². The van der Waals surface area contributed by atoms with Crippen LogP contribution in [-0.4, -0.2) is 40.2 Å². The van der Waals surface area contributed by atoms with Crippen molar-refractivity contribution in [3.8, 4) is 0 Å². The van der Waals surface area contributed by atoms with Crippen LogP contribution in [0.3, 0.4) is 0 Å². The molecule has 0 spiro atoms. The minimum Gasteiger partial charge on any atom is -0.481 e. The van der Waals surface area contributed by atoms with Crippen LogP contribution in [0.4, 0.5) is 4.79 Å². The number of urea groups is 1. The van der Waals surface area contributed by atoms with Gasteiger partial charge in [0, 0.05) is 11.8 Å². The quantitative estimate of drug-likeness (QED) is 0.738. The molecule has 1 aliphatic carbocycles. The highest BCUT2D eigenvalue weighted by Crippen LogP contribution is 2.31. The molecule has 1 heterocycles. The van der Waals surface area contributed by atoms with Crippen molar-refractivity contribution in [2.24, 2.45) is 0 Å². The van der Waals surface area contributed by atoms with Crippen molar-refractivity contribution in [1.29, 1.82) is 0 Å². The van der Waals surface area contributed by atoms with E-state index in [1.807, 2.05) is 11.8 Å². The molecular weight excluding hydrogens is 264 g/mol. The minimum absolute atomic E-state index is 0.0276. The summed E-state index contributed by atoms with van der Waals surface area (Å²) in [6, 6.07) is 0.0334.